The lowest BCUT2D eigenvalue weighted by atomic mass is 10.1. The molecule has 0 spiro atoms. The van der Waals surface area contributed by atoms with Gasteiger partial charge in [0.25, 0.3) is 5.91 Å². The first-order valence-corrected chi connectivity index (χ1v) is 10.1. The fourth-order valence-electron chi connectivity index (χ4n) is 3.20. The van der Waals surface area contributed by atoms with Crippen molar-refractivity contribution in [3.05, 3.63) is 52.9 Å². The Morgan fingerprint density at radius 2 is 2.10 bits per heavy atom. The number of esters is 1. The molecule has 0 radical (unpaired) electrons. The quantitative estimate of drug-likeness (QED) is 0.575. The van der Waals surface area contributed by atoms with Crippen LogP contribution in [0.2, 0.25) is 5.02 Å². The summed E-state index contributed by atoms with van der Waals surface area (Å²) in [7, 11) is 1.30. The van der Waals surface area contributed by atoms with Crippen LogP contribution in [-0.4, -0.2) is 36.6 Å². The number of anilines is 1. The van der Waals surface area contributed by atoms with Crippen LogP contribution in [0.3, 0.4) is 0 Å². The van der Waals surface area contributed by atoms with E-state index in [2.05, 4.69) is 0 Å². The molecule has 4 rings (SSSR count). The Kier molecular flexibility index (Phi) is 5.25. The second-order valence-electron chi connectivity index (χ2n) is 6.45. The van der Waals surface area contributed by atoms with Gasteiger partial charge in [0.2, 0.25) is 0 Å². The van der Waals surface area contributed by atoms with Crippen LogP contribution >= 0.6 is 22.9 Å². The number of ether oxygens (including phenoxy) is 2. The van der Waals surface area contributed by atoms with Crippen molar-refractivity contribution in [3.8, 4) is 27.6 Å². The van der Waals surface area contributed by atoms with Gasteiger partial charge in [0, 0.05) is 16.5 Å². The Morgan fingerprint density at radius 3 is 2.86 bits per heavy atom. The van der Waals surface area contributed by atoms with E-state index < -0.39 is 12.0 Å². The fourth-order valence-corrected chi connectivity index (χ4v) is 4.34. The zero-order valence-corrected chi connectivity index (χ0v) is 17.3. The zero-order valence-electron chi connectivity index (χ0n) is 15.7. The molecule has 1 aliphatic heterocycles. The van der Waals surface area contributed by atoms with E-state index in [1.54, 1.807) is 19.1 Å². The minimum absolute atomic E-state index is 0.124. The predicted octanol–water partition coefficient (Wildman–Crippen LogP) is 4.42. The maximum absolute atomic E-state index is 12.5. The van der Waals surface area contributed by atoms with Crippen molar-refractivity contribution < 1.29 is 19.1 Å². The topological polar surface area (TPSA) is 68.7 Å². The molecule has 2 heterocycles. The average Bonchev–Trinajstić information content (AvgIpc) is 3.22. The first-order chi connectivity index (χ1) is 14.0. The number of rotatable bonds is 4. The van der Waals surface area contributed by atoms with Crippen molar-refractivity contribution in [1.82, 2.24) is 4.98 Å². The maximum atomic E-state index is 12.5. The van der Waals surface area contributed by atoms with Gasteiger partial charge in [-0.2, -0.15) is 0 Å². The molecule has 0 fully saturated rings. The number of benzene rings is 2. The smallest absolute Gasteiger partial charge is 0.328 e. The van der Waals surface area contributed by atoms with Crippen LogP contribution in [0.15, 0.2) is 47.8 Å². The van der Waals surface area contributed by atoms with Crippen molar-refractivity contribution >= 4 is 40.5 Å². The van der Waals surface area contributed by atoms with E-state index in [0.29, 0.717) is 16.5 Å². The number of thiazole rings is 1. The molecule has 8 heteroatoms. The Bertz CT molecular complexity index is 1100. The number of aromatic nitrogens is 1. The molecule has 0 bridgehead atoms. The van der Waals surface area contributed by atoms with Crippen molar-refractivity contribution in [1.29, 1.82) is 0 Å². The summed E-state index contributed by atoms with van der Waals surface area (Å²) < 4.78 is 10.3. The fraction of sp³-hybridized carbons (Fsp3) is 0.190. The molecule has 1 atom stereocenters. The molecular formula is C21H17ClN2O4S. The number of nitrogens with zero attached hydrogens (tertiary/aromatic N) is 2. The molecule has 0 N–H and O–H groups in total. The third-order valence-corrected chi connectivity index (χ3v) is 5.88. The minimum atomic E-state index is -0.764. The number of carbonyl (C=O) groups is 2. The summed E-state index contributed by atoms with van der Waals surface area (Å²) in [6.45, 7) is 1.50. The van der Waals surface area contributed by atoms with Crippen LogP contribution in [0.4, 0.5) is 5.69 Å². The van der Waals surface area contributed by atoms with Crippen LogP contribution in [-0.2, 0) is 14.3 Å². The normalized spacial score (nSPS) is 14.2. The highest BCUT2D eigenvalue weighted by atomic mass is 35.5. The van der Waals surface area contributed by atoms with Gasteiger partial charge in [0.1, 0.15) is 16.8 Å². The molecular weight excluding hydrogens is 412 g/mol. The summed E-state index contributed by atoms with van der Waals surface area (Å²) in [5.41, 5.74) is 2.93. The molecule has 2 aromatic carbocycles. The van der Waals surface area contributed by atoms with E-state index in [0.717, 1.165) is 21.8 Å². The van der Waals surface area contributed by atoms with Crippen molar-refractivity contribution in [2.45, 2.75) is 13.0 Å². The molecule has 1 aromatic heterocycles. The summed E-state index contributed by atoms with van der Waals surface area (Å²) in [6.07, 6.45) is 0. The second kappa shape index (κ2) is 7.85. The summed E-state index contributed by atoms with van der Waals surface area (Å²) in [5.74, 6) is -0.264. The van der Waals surface area contributed by atoms with E-state index in [9.17, 15) is 9.59 Å². The predicted molar refractivity (Wildman–Crippen MR) is 112 cm³/mol. The molecule has 1 aliphatic rings. The van der Waals surface area contributed by atoms with Crippen molar-refractivity contribution in [2.75, 3.05) is 18.6 Å². The lowest BCUT2D eigenvalue weighted by Crippen LogP contribution is -2.48. The number of hydrogen-bond acceptors (Lipinski definition) is 6. The summed E-state index contributed by atoms with van der Waals surface area (Å²) in [5, 5.41) is 3.37. The molecule has 0 aliphatic carbocycles. The number of halogens is 1. The van der Waals surface area contributed by atoms with Crippen molar-refractivity contribution in [3.63, 3.8) is 0 Å². The van der Waals surface area contributed by atoms with Gasteiger partial charge in [0.05, 0.1) is 23.5 Å². The largest absolute Gasteiger partial charge is 0.482 e. The lowest BCUT2D eigenvalue weighted by Gasteiger charge is -2.32. The van der Waals surface area contributed by atoms with Crippen LogP contribution in [0.5, 0.6) is 5.75 Å². The molecule has 3 aromatic rings. The number of hydrogen-bond donors (Lipinski definition) is 0. The van der Waals surface area contributed by atoms with Gasteiger partial charge in [-0.1, -0.05) is 29.8 Å². The van der Waals surface area contributed by atoms with E-state index in [1.165, 1.54) is 23.3 Å². The number of fused-ring (bicyclic) bond motifs is 1. The SMILES string of the molecule is COC(=O)C(C)N1C(=O)COc2ccc(-c3csc(-c4ccccc4Cl)n3)cc21. The first-order valence-electron chi connectivity index (χ1n) is 8.87. The highest BCUT2D eigenvalue weighted by Crippen LogP contribution is 2.39. The molecule has 1 unspecified atom stereocenters. The third kappa shape index (κ3) is 3.59. The molecule has 1 amide bonds. The summed E-state index contributed by atoms with van der Waals surface area (Å²) in [4.78, 5) is 30.6. The Labute approximate surface area is 176 Å². The average molecular weight is 429 g/mol. The number of amides is 1. The Morgan fingerprint density at radius 1 is 1.31 bits per heavy atom. The second-order valence-corrected chi connectivity index (χ2v) is 7.72. The number of carbonyl (C=O) groups excluding carboxylic acids is 2. The molecule has 148 valence electrons. The van der Waals surface area contributed by atoms with E-state index in [4.69, 9.17) is 26.1 Å². The van der Waals surface area contributed by atoms with Gasteiger partial charge in [-0.15, -0.1) is 11.3 Å². The van der Waals surface area contributed by atoms with Gasteiger partial charge in [-0.3, -0.25) is 9.69 Å². The monoisotopic (exact) mass is 428 g/mol. The maximum Gasteiger partial charge on any atom is 0.328 e. The standard InChI is InChI=1S/C21H17ClN2O4S/c1-12(21(26)27-2)24-17-9-13(7-8-18(17)28-10-19(24)25)16-11-29-20(23-16)14-5-3-4-6-15(14)22/h3-9,11-12H,10H2,1-2H3. The van der Waals surface area contributed by atoms with Crippen molar-refractivity contribution in [2.24, 2.45) is 0 Å². The lowest BCUT2D eigenvalue weighted by molar-refractivity contribution is -0.143. The van der Waals surface area contributed by atoms with E-state index in [-0.39, 0.29) is 12.5 Å². The summed E-state index contributed by atoms with van der Waals surface area (Å²) >= 11 is 7.77. The highest BCUT2D eigenvalue weighted by Gasteiger charge is 2.34. The van der Waals surface area contributed by atoms with E-state index in [1.807, 2.05) is 35.7 Å². The molecule has 0 saturated heterocycles. The molecule has 29 heavy (non-hydrogen) atoms. The van der Waals surface area contributed by atoms with Crippen LogP contribution in [0, 0.1) is 0 Å². The highest BCUT2D eigenvalue weighted by molar-refractivity contribution is 7.13. The summed E-state index contributed by atoms with van der Waals surface area (Å²) in [6, 6.07) is 12.2. The third-order valence-electron chi connectivity index (χ3n) is 4.67. The Balaban J connectivity index is 1.73. The zero-order chi connectivity index (χ0) is 20.5. The Hall–Kier alpha value is -2.90. The van der Waals surface area contributed by atoms with E-state index >= 15 is 0 Å². The van der Waals surface area contributed by atoms with Crippen LogP contribution < -0.4 is 9.64 Å². The number of methoxy groups -OCH3 is 1. The van der Waals surface area contributed by atoms with Gasteiger partial charge >= 0.3 is 5.97 Å². The van der Waals surface area contributed by atoms with Gasteiger partial charge in [-0.25, -0.2) is 9.78 Å². The van der Waals surface area contributed by atoms with Crippen LogP contribution in [0.25, 0.3) is 21.8 Å². The minimum Gasteiger partial charge on any atom is -0.482 e. The molecule has 0 saturated carbocycles. The van der Waals surface area contributed by atoms with Crippen LogP contribution in [0.1, 0.15) is 6.92 Å². The van der Waals surface area contributed by atoms with Gasteiger partial charge in [0.15, 0.2) is 6.61 Å². The van der Waals surface area contributed by atoms with Gasteiger partial charge in [-0.05, 0) is 31.2 Å². The van der Waals surface area contributed by atoms with Gasteiger partial charge < -0.3 is 9.47 Å². The first kappa shape index (κ1) is 19.4. The molecule has 6 nitrogen and oxygen atoms in total.